The fraction of sp³-hybridized carbons (Fsp3) is 1.00. The maximum absolute atomic E-state index is 5.07. The molecule has 4 nitrogen and oxygen atoms in total. The van der Waals surface area contributed by atoms with Gasteiger partial charge in [-0.1, -0.05) is 0 Å². The summed E-state index contributed by atoms with van der Waals surface area (Å²) in [4.78, 5) is 0. The lowest BCUT2D eigenvalue weighted by molar-refractivity contribution is 0.0967. The van der Waals surface area contributed by atoms with Crippen LogP contribution in [0.15, 0.2) is 0 Å². The van der Waals surface area contributed by atoms with Crippen LogP contribution in [-0.2, 0) is 18.9 Å². The molecule has 0 unspecified atom stereocenters. The molecule has 0 aromatic rings. The summed E-state index contributed by atoms with van der Waals surface area (Å²) in [5.41, 5.74) is 0. The van der Waals surface area contributed by atoms with Crippen LogP contribution < -0.4 is 0 Å². The van der Waals surface area contributed by atoms with E-state index in [1.807, 2.05) is 0 Å². The van der Waals surface area contributed by atoms with Crippen molar-refractivity contribution in [1.82, 2.24) is 0 Å². The van der Waals surface area contributed by atoms with Crippen LogP contribution in [-0.4, -0.2) is 52.9 Å². The summed E-state index contributed by atoms with van der Waals surface area (Å²) in [6.45, 7) is 8.00. The van der Waals surface area contributed by atoms with Crippen molar-refractivity contribution in [1.29, 1.82) is 0 Å². The van der Waals surface area contributed by atoms with Gasteiger partial charge in [0.1, 0.15) is 0 Å². The third-order valence-electron chi connectivity index (χ3n) is 4.31. The van der Waals surface area contributed by atoms with Crippen molar-refractivity contribution in [2.75, 3.05) is 52.9 Å². The van der Waals surface area contributed by atoms with Gasteiger partial charge in [-0.3, -0.25) is 0 Å². The lowest BCUT2D eigenvalue weighted by atomic mass is 10.2. The van der Waals surface area contributed by atoms with E-state index in [0.29, 0.717) is 0 Å². The Morgan fingerprint density at radius 1 is 0.208 bits per heavy atom. The van der Waals surface area contributed by atoms with Gasteiger partial charge in [-0.25, -0.2) is 0 Å². The monoisotopic (exact) mass is 344 g/mol. The average molecular weight is 345 g/mol. The second kappa shape index (κ2) is 19.2. The van der Waals surface area contributed by atoms with Crippen molar-refractivity contribution in [3.63, 3.8) is 0 Å². The topological polar surface area (TPSA) is 36.9 Å². The van der Waals surface area contributed by atoms with Crippen LogP contribution in [0.4, 0.5) is 0 Å². The van der Waals surface area contributed by atoms with Crippen LogP contribution in [0.25, 0.3) is 0 Å². The SMILES string of the molecule is C1CCOCC1.C1CCOCC1.C1CCOCC1.C1CCOCC1. The minimum absolute atomic E-state index is 1.00. The summed E-state index contributed by atoms with van der Waals surface area (Å²) >= 11 is 0. The Labute approximate surface area is 149 Å². The van der Waals surface area contributed by atoms with E-state index in [-0.39, 0.29) is 0 Å². The minimum atomic E-state index is 1.00. The van der Waals surface area contributed by atoms with E-state index in [4.69, 9.17) is 18.9 Å². The standard InChI is InChI=1S/4C5H10O/c4*1-2-4-6-5-3-1/h4*1-5H2. The first kappa shape index (κ1) is 21.9. The van der Waals surface area contributed by atoms with Crippen LogP contribution in [0.3, 0.4) is 0 Å². The van der Waals surface area contributed by atoms with Crippen LogP contribution in [0.2, 0.25) is 0 Å². The van der Waals surface area contributed by atoms with Crippen LogP contribution in [0, 0.1) is 0 Å². The Bertz CT molecular complexity index is 126. The van der Waals surface area contributed by atoms with Crippen LogP contribution in [0.5, 0.6) is 0 Å². The van der Waals surface area contributed by atoms with Gasteiger partial charge in [0, 0.05) is 52.9 Å². The highest BCUT2D eigenvalue weighted by Crippen LogP contribution is 2.03. The molecule has 0 radical (unpaired) electrons. The highest BCUT2D eigenvalue weighted by atomic mass is 16.5. The van der Waals surface area contributed by atoms with Crippen molar-refractivity contribution >= 4 is 0 Å². The van der Waals surface area contributed by atoms with Gasteiger partial charge < -0.3 is 18.9 Å². The first-order valence-electron chi connectivity index (χ1n) is 10.3. The first-order chi connectivity index (χ1) is 12.0. The molecule has 4 aliphatic heterocycles. The third kappa shape index (κ3) is 16.7. The number of hydrogen-bond donors (Lipinski definition) is 0. The third-order valence-corrected chi connectivity index (χ3v) is 4.31. The Morgan fingerprint density at radius 2 is 0.375 bits per heavy atom. The van der Waals surface area contributed by atoms with Crippen molar-refractivity contribution in [3.05, 3.63) is 0 Å². The first-order valence-corrected chi connectivity index (χ1v) is 10.3. The maximum atomic E-state index is 5.07. The summed E-state index contributed by atoms with van der Waals surface area (Å²) in [7, 11) is 0. The fourth-order valence-corrected chi connectivity index (χ4v) is 2.75. The Kier molecular flexibility index (Phi) is 17.5. The van der Waals surface area contributed by atoms with Crippen LogP contribution >= 0.6 is 0 Å². The van der Waals surface area contributed by atoms with E-state index in [0.717, 1.165) is 52.9 Å². The van der Waals surface area contributed by atoms with E-state index in [2.05, 4.69) is 0 Å². The summed E-state index contributed by atoms with van der Waals surface area (Å²) in [6.07, 6.45) is 15.7. The molecule has 4 saturated heterocycles. The Hall–Kier alpha value is -0.160. The molecule has 0 N–H and O–H groups in total. The van der Waals surface area contributed by atoms with Crippen molar-refractivity contribution < 1.29 is 18.9 Å². The molecule has 0 aromatic carbocycles. The zero-order valence-electron chi connectivity index (χ0n) is 15.8. The van der Waals surface area contributed by atoms with Gasteiger partial charge in [-0.15, -0.1) is 0 Å². The molecule has 24 heavy (non-hydrogen) atoms. The number of ether oxygens (including phenoxy) is 4. The van der Waals surface area contributed by atoms with Crippen LogP contribution in [0.1, 0.15) is 77.0 Å². The number of hydrogen-bond acceptors (Lipinski definition) is 4. The summed E-state index contributed by atoms with van der Waals surface area (Å²) < 4.78 is 20.3. The molecule has 0 bridgehead atoms. The van der Waals surface area contributed by atoms with E-state index in [1.54, 1.807) is 0 Å². The molecular weight excluding hydrogens is 304 g/mol. The van der Waals surface area contributed by atoms with Gasteiger partial charge in [0.25, 0.3) is 0 Å². The van der Waals surface area contributed by atoms with Gasteiger partial charge in [0.15, 0.2) is 0 Å². The van der Waals surface area contributed by atoms with Crippen molar-refractivity contribution in [2.24, 2.45) is 0 Å². The highest BCUT2D eigenvalue weighted by Gasteiger charge is 1.96. The lowest BCUT2D eigenvalue weighted by Gasteiger charge is -2.08. The fourth-order valence-electron chi connectivity index (χ4n) is 2.75. The van der Waals surface area contributed by atoms with Gasteiger partial charge in [-0.05, 0) is 77.0 Å². The van der Waals surface area contributed by atoms with E-state index in [1.165, 1.54) is 77.0 Å². The molecule has 0 saturated carbocycles. The van der Waals surface area contributed by atoms with Gasteiger partial charge >= 0.3 is 0 Å². The van der Waals surface area contributed by atoms with Crippen molar-refractivity contribution in [3.8, 4) is 0 Å². The molecule has 4 aliphatic rings. The van der Waals surface area contributed by atoms with E-state index < -0.39 is 0 Å². The number of rotatable bonds is 0. The van der Waals surface area contributed by atoms with Gasteiger partial charge in [0.05, 0.1) is 0 Å². The molecule has 4 rings (SSSR count). The average Bonchev–Trinajstić information content (AvgIpc) is 2.75. The molecule has 0 amide bonds. The summed E-state index contributed by atoms with van der Waals surface area (Å²) in [6, 6.07) is 0. The molecular formula is C20H40O4. The molecule has 0 aromatic heterocycles. The molecule has 0 spiro atoms. The lowest BCUT2D eigenvalue weighted by Crippen LogP contribution is -2.03. The Morgan fingerprint density at radius 3 is 0.417 bits per heavy atom. The quantitative estimate of drug-likeness (QED) is 0.635. The molecule has 0 atom stereocenters. The summed E-state index contributed by atoms with van der Waals surface area (Å²) in [5, 5.41) is 0. The van der Waals surface area contributed by atoms with Crippen molar-refractivity contribution in [2.45, 2.75) is 77.0 Å². The van der Waals surface area contributed by atoms with E-state index in [9.17, 15) is 0 Å². The predicted molar refractivity (Wildman–Crippen MR) is 98.7 cm³/mol. The molecule has 0 aliphatic carbocycles. The van der Waals surface area contributed by atoms with E-state index >= 15 is 0 Å². The zero-order chi connectivity index (χ0) is 17.0. The summed E-state index contributed by atoms with van der Waals surface area (Å²) in [5.74, 6) is 0. The second-order valence-electron chi connectivity index (χ2n) is 6.69. The molecule has 4 heteroatoms. The molecule has 4 heterocycles. The smallest absolute Gasteiger partial charge is 0.0466 e. The Balaban J connectivity index is 0.000000160. The van der Waals surface area contributed by atoms with Gasteiger partial charge in [0.2, 0.25) is 0 Å². The second-order valence-corrected chi connectivity index (χ2v) is 6.69. The predicted octanol–water partition coefficient (Wildman–Crippen LogP) is 4.75. The highest BCUT2D eigenvalue weighted by molar-refractivity contribution is 4.47. The zero-order valence-corrected chi connectivity index (χ0v) is 15.8. The maximum Gasteiger partial charge on any atom is 0.0466 e. The minimum Gasteiger partial charge on any atom is -0.381 e. The van der Waals surface area contributed by atoms with Gasteiger partial charge in [-0.2, -0.15) is 0 Å². The molecule has 4 fully saturated rings. The normalized spacial score (nSPS) is 24.0. The largest absolute Gasteiger partial charge is 0.381 e. The molecule has 144 valence electrons.